The van der Waals surface area contributed by atoms with E-state index in [-0.39, 0.29) is 22.9 Å². The van der Waals surface area contributed by atoms with Gasteiger partial charge in [-0.3, -0.25) is 14.6 Å². The van der Waals surface area contributed by atoms with Crippen LogP contribution in [-0.2, 0) is 9.59 Å². The lowest BCUT2D eigenvalue weighted by molar-refractivity contribution is -0.115. The highest BCUT2D eigenvalue weighted by Crippen LogP contribution is 2.36. The van der Waals surface area contributed by atoms with Gasteiger partial charge in [-0.15, -0.1) is 0 Å². The number of para-hydroxylation sites is 2. The summed E-state index contributed by atoms with van der Waals surface area (Å²) in [6.07, 6.45) is 0.591. The molecule has 36 heavy (non-hydrogen) atoms. The lowest BCUT2D eigenvalue weighted by atomic mass is 10.1. The van der Waals surface area contributed by atoms with Crippen LogP contribution in [0.5, 0.6) is 5.75 Å². The molecule has 0 bridgehead atoms. The van der Waals surface area contributed by atoms with Crippen molar-refractivity contribution in [2.24, 2.45) is 10.7 Å². The lowest BCUT2D eigenvalue weighted by Crippen LogP contribution is -2.30. The molecule has 2 amide bonds. The van der Waals surface area contributed by atoms with Gasteiger partial charge in [0.1, 0.15) is 21.7 Å². The Morgan fingerprint density at radius 2 is 1.61 bits per heavy atom. The minimum absolute atomic E-state index is 0.0818. The molecule has 1 heterocycles. The number of amides is 2. The van der Waals surface area contributed by atoms with Crippen molar-refractivity contribution in [3.05, 3.63) is 64.6 Å². The Kier molecular flexibility index (Phi) is 8.56. The predicted octanol–water partition coefficient (Wildman–Crippen LogP) is 4.49. The van der Waals surface area contributed by atoms with Crippen molar-refractivity contribution in [1.82, 2.24) is 0 Å². The fourth-order valence-corrected chi connectivity index (χ4v) is 4.31. The van der Waals surface area contributed by atoms with Gasteiger partial charge in [-0.05, 0) is 25.5 Å². The summed E-state index contributed by atoms with van der Waals surface area (Å²) in [5.74, 6) is -12.8. The molecule has 0 radical (unpaired) electrons. The zero-order chi connectivity index (χ0) is 26.6. The average molecular weight is 529 g/mol. The van der Waals surface area contributed by atoms with Crippen LogP contribution in [0, 0.1) is 29.1 Å². The van der Waals surface area contributed by atoms with E-state index < -0.39 is 51.8 Å². The van der Waals surface area contributed by atoms with Crippen molar-refractivity contribution in [3.63, 3.8) is 0 Å². The Balaban J connectivity index is 1.95. The molecule has 0 spiro atoms. The second kappa shape index (κ2) is 11.4. The molecule has 0 saturated carbocycles. The lowest BCUT2D eigenvalue weighted by Gasteiger charge is -2.14. The number of nitrogens with two attached hydrogens (primary N) is 1. The molecule has 1 atom stereocenters. The molecule has 1 aliphatic rings. The Labute approximate surface area is 207 Å². The first-order valence-corrected chi connectivity index (χ1v) is 11.6. The Morgan fingerprint density at radius 1 is 1.00 bits per heavy atom. The second-order valence-corrected chi connectivity index (χ2v) is 8.43. The van der Waals surface area contributed by atoms with Crippen LogP contribution < -0.4 is 21.1 Å². The van der Waals surface area contributed by atoms with Crippen LogP contribution >= 0.6 is 11.8 Å². The summed E-state index contributed by atoms with van der Waals surface area (Å²) >= 11 is 0.711. The average Bonchev–Trinajstić information content (AvgIpc) is 3.20. The molecule has 0 aromatic heterocycles. The van der Waals surface area contributed by atoms with Crippen molar-refractivity contribution >= 4 is 40.0 Å². The Morgan fingerprint density at radius 3 is 2.22 bits per heavy atom. The second-order valence-electron chi connectivity index (χ2n) is 7.33. The van der Waals surface area contributed by atoms with Gasteiger partial charge in [0, 0.05) is 12.2 Å². The van der Waals surface area contributed by atoms with Crippen LogP contribution in [-0.4, -0.2) is 35.3 Å². The minimum atomic E-state index is -2.36. The number of carbonyl (C=O) groups excluding carboxylic acids is 2. The monoisotopic (exact) mass is 528 g/mol. The highest BCUT2D eigenvalue weighted by Gasteiger charge is 2.39. The van der Waals surface area contributed by atoms with Crippen molar-refractivity contribution < 1.29 is 36.3 Å². The molecule has 2 aromatic carbocycles. The van der Waals surface area contributed by atoms with Crippen LogP contribution in [0.4, 0.5) is 33.3 Å². The number of halogens is 5. The van der Waals surface area contributed by atoms with Gasteiger partial charge in [0.15, 0.2) is 23.3 Å². The molecule has 4 N–H and O–H groups in total. The quantitative estimate of drug-likeness (QED) is 0.266. The van der Waals surface area contributed by atoms with E-state index in [4.69, 9.17) is 10.5 Å². The summed E-state index contributed by atoms with van der Waals surface area (Å²) in [6, 6.07) is 6.57. The van der Waals surface area contributed by atoms with Crippen LogP contribution in [0.2, 0.25) is 0 Å². The van der Waals surface area contributed by atoms with E-state index in [0.717, 1.165) is 0 Å². The number of carbonyl (C=O) groups is 2. The number of benzene rings is 2. The van der Waals surface area contributed by atoms with Gasteiger partial charge in [0.25, 0.3) is 5.91 Å². The summed E-state index contributed by atoms with van der Waals surface area (Å²) in [7, 11) is 0. The third-order valence-electron chi connectivity index (χ3n) is 4.85. The fraction of sp³-hybridized carbons (Fsp3) is 0.261. The van der Waals surface area contributed by atoms with Gasteiger partial charge in [0.05, 0.1) is 17.9 Å². The number of thioether (sulfide) groups is 1. The normalized spacial score (nSPS) is 16.4. The van der Waals surface area contributed by atoms with Gasteiger partial charge in [-0.1, -0.05) is 30.8 Å². The number of ether oxygens (including phenoxy) is 1. The van der Waals surface area contributed by atoms with Crippen molar-refractivity contribution in [1.29, 1.82) is 0 Å². The third kappa shape index (κ3) is 5.30. The van der Waals surface area contributed by atoms with E-state index in [1.165, 1.54) is 0 Å². The molecule has 1 aliphatic heterocycles. The Bertz CT molecular complexity index is 1240. The van der Waals surface area contributed by atoms with Gasteiger partial charge in [-0.25, -0.2) is 22.0 Å². The number of nitrogens with zero attached hydrogens (tertiary/aromatic N) is 1. The molecule has 192 valence electrons. The van der Waals surface area contributed by atoms with E-state index in [0.29, 0.717) is 36.2 Å². The molecule has 0 saturated heterocycles. The predicted molar refractivity (Wildman–Crippen MR) is 126 cm³/mol. The molecule has 0 unspecified atom stereocenters. The number of rotatable bonds is 8. The van der Waals surface area contributed by atoms with Crippen LogP contribution in [0.15, 0.2) is 40.5 Å². The summed E-state index contributed by atoms with van der Waals surface area (Å²) in [6.45, 7) is 4.18. The first kappa shape index (κ1) is 27.0. The standard InChI is InChI=1S/C23H21F5N4O3S/c1-3-9-30-23-12(21(33)31-10-7-5-6-8-11(10)35-4-2)18(29)20(36-23)22(34)32-19-16(27)14(25)13(24)15(26)17(19)28/h5-8,20H,3-4,9,29H2,1-2H3,(H,31,33)(H,32,34)/t20-/m0/s1. The number of aliphatic imine (C=N–C) groups is 1. The Hall–Kier alpha value is -3.61. The van der Waals surface area contributed by atoms with E-state index in [9.17, 15) is 31.5 Å². The van der Waals surface area contributed by atoms with Gasteiger partial charge >= 0.3 is 0 Å². The zero-order valence-electron chi connectivity index (χ0n) is 19.1. The zero-order valence-corrected chi connectivity index (χ0v) is 19.9. The molecule has 7 nitrogen and oxygen atoms in total. The maximum Gasteiger partial charge on any atom is 0.260 e. The molecule has 13 heteroatoms. The van der Waals surface area contributed by atoms with Crippen molar-refractivity contribution in [2.75, 3.05) is 23.8 Å². The smallest absolute Gasteiger partial charge is 0.260 e. The molecule has 2 aromatic rings. The summed E-state index contributed by atoms with van der Waals surface area (Å²) in [4.78, 5) is 30.2. The number of nitrogens with one attached hydrogen (secondary N) is 2. The van der Waals surface area contributed by atoms with E-state index in [1.807, 2.05) is 6.92 Å². The molecule has 0 fully saturated rings. The van der Waals surface area contributed by atoms with E-state index in [1.54, 1.807) is 36.5 Å². The molecule has 0 aliphatic carbocycles. The first-order valence-electron chi connectivity index (χ1n) is 10.7. The van der Waals surface area contributed by atoms with Crippen LogP contribution in [0.25, 0.3) is 0 Å². The largest absolute Gasteiger partial charge is 0.492 e. The number of hydrogen-bond donors (Lipinski definition) is 3. The fourth-order valence-electron chi connectivity index (χ4n) is 3.18. The van der Waals surface area contributed by atoms with Gasteiger partial charge in [-0.2, -0.15) is 0 Å². The molecular formula is C23H21F5N4O3S. The van der Waals surface area contributed by atoms with E-state index in [2.05, 4.69) is 10.3 Å². The molecule has 3 rings (SSSR count). The summed E-state index contributed by atoms with van der Waals surface area (Å²) in [5.41, 5.74) is 4.41. The number of anilines is 2. The highest BCUT2D eigenvalue weighted by molar-refractivity contribution is 8.16. The minimum Gasteiger partial charge on any atom is -0.492 e. The SMILES string of the molecule is CCCN=C1S[C@H](C(=O)Nc2c(F)c(F)c(F)c(F)c2F)C(N)=C1C(=O)Nc1ccccc1OCC. The van der Waals surface area contributed by atoms with Crippen LogP contribution in [0.1, 0.15) is 20.3 Å². The van der Waals surface area contributed by atoms with Gasteiger partial charge in [0.2, 0.25) is 11.7 Å². The van der Waals surface area contributed by atoms with Crippen molar-refractivity contribution in [3.8, 4) is 5.75 Å². The van der Waals surface area contributed by atoms with E-state index >= 15 is 0 Å². The van der Waals surface area contributed by atoms with Gasteiger partial charge < -0.3 is 21.1 Å². The summed E-state index contributed by atoms with van der Waals surface area (Å²) < 4.78 is 74.0. The third-order valence-corrected chi connectivity index (χ3v) is 6.11. The summed E-state index contributed by atoms with van der Waals surface area (Å²) in [5, 5.41) is 2.98. The maximum absolute atomic E-state index is 14.1. The maximum atomic E-state index is 14.1. The molecular weight excluding hydrogens is 507 g/mol. The highest BCUT2D eigenvalue weighted by atomic mass is 32.2. The topological polar surface area (TPSA) is 106 Å². The van der Waals surface area contributed by atoms with Crippen molar-refractivity contribution in [2.45, 2.75) is 25.5 Å². The van der Waals surface area contributed by atoms with Crippen LogP contribution in [0.3, 0.4) is 0 Å². The first-order chi connectivity index (χ1) is 17.1. The number of hydrogen-bond acceptors (Lipinski definition) is 6.